The van der Waals surface area contributed by atoms with E-state index in [-0.39, 0.29) is 18.2 Å². The molecule has 2 atom stereocenters. The standard InChI is InChI=1S/C14H14ClNO3/c1-8-13(14(18)19-2)10(7-12(17)16-8)9-5-3-4-6-11(9)15/h3-6,10,13H,1,7H2,2H3,(H,16,17). The number of piperidine rings is 1. The fourth-order valence-electron chi connectivity index (χ4n) is 2.37. The molecule has 4 nitrogen and oxygen atoms in total. The number of hydrogen-bond acceptors (Lipinski definition) is 3. The van der Waals surface area contributed by atoms with Crippen molar-refractivity contribution < 1.29 is 14.3 Å². The zero-order chi connectivity index (χ0) is 14.0. The lowest BCUT2D eigenvalue weighted by Gasteiger charge is -2.32. The summed E-state index contributed by atoms with van der Waals surface area (Å²) in [5.74, 6) is -1.55. The maximum atomic E-state index is 11.9. The molecule has 0 aromatic heterocycles. The van der Waals surface area contributed by atoms with E-state index in [0.717, 1.165) is 5.56 Å². The highest BCUT2D eigenvalue weighted by molar-refractivity contribution is 6.31. The quantitative estimate of drug-likeness (QED) is 0.845. The van der Waals surface area contributed by atoms with Gasteiger partial charge in [0.1, 0.15) is 5.92 Å². The largest absolute Gasteiger partial charge is 0.468 e. The number of amides is 1. The number of carbonyl (C=O) groups is 2. The summed E-state index contributed by atoms with van der Waals surface area (Å²) in [4.78, 5) is 23.6. The van der Waals surface area contributed by atoms with E-state index in [1.807, 2.05) is 12.1 Å². The number of ether oxygens (including phenoxy) is 1. The Morgan fingerprint density at radius 2 is 2.16 bits per heavy atom. The number of hydrogen-bond donors (Lipinski definition) is 1. The number of carbonyl (C=O) groups excluding carboxylic acids is 2. The topological polar surface area (TPSA) is 55.4 Å². The Kier molecular flexibility index (Phi) is 3.90. The lowest BCUT2D eigenvalue weighted by Crippen LogP contribution is -2.41. The summed E-state index contributed by atoms with van der Waals surface area (Å²) in [5, 5.41) is 3.12. The Morgan fingerprint density at radius 3 is 2.79 bits per heavy atom. The lowest BCUT2D eigenvalue weighted by atomic mass is 9.79. The van der Waals surface area contributed by atoms with Gasteiger partial charge in [-0.05, 0) is 11.6 Å². The second kappa shape index (κ2) is 5.45. The molecule has 0 saturated carbocycles. The van der Waals surface area contributed by atoms with E-state index in [2.05, 4.69) is 11.9 Å². The number of rotatable bonds is 2. The third-order valence-corrected chi connectivity index (χ3v) is 3.59. The van der Waals surface area contributed by atoms with Crippen molar-refractivity contribution in [2.75, 3.05) is 7.11 Å². The molecule has 1 aliphatic heterocycles. The summed E-state index contributed by atoms with van der Waals surface area (Å²) >= 11 is 6.15. The van der Waals surface area contributed by atoms with Crippen LogP contribution in [0.3, 0.4) is 0 Å². The molecule has 1 aromatic carbocycles. The Bertz CT molecular complexity index is 541. The summed E-state index contributed by atoms with van der Waals surface area (Å²) in [6.45, 7) is 3.74. The summed E-state index contributed by atoms with van der Waals surface area (Å²) < 4.78 is 4.79. The summed E-state index contributed by atoms with van der Waals surface area (Å²) in [6, 6.07) is 7.18. The van der Waals surface area contributed by atoms with Crippen LogP contribution in [0.15, 0.2) is 36.5 Å². The molecule has 1 aliphatic rings. The number of halogens is 1. The molecule has 0 bridgehead atoms. The normalized spacial score (nSPS) is 22.8. The first-order valence-electron chi connectivity index (χ1n) is 5.85. The van der Waals surface area contributed by atoms with E-state index >= 15 is 0 Å². The predicted octanol–water partition coefficient (Wildman–Crippen LogP) is 2.25. The molecule has 1 saturated heterocycles. The van der Waals surface area contributed by atoms with Crippen LogP contribution in [0.25, 0.3) is 0 Å². The zero-order valence-electron chi connectivity index (χ0n) is 10.5. The van der Waals surface area contributed by atoms with Crippen molar-refractivity contribution >= 4 is 23.5 Å². The number of esters is 1. The van der Waals surface area contributed by atoms with Crippen LogP contribution in [0.4, 0.5) is 0 Å². The monoisotopic (exact) mass is 279 g/mol. The lowest BCUT2D eigenvalue weighted by molar-refractivity contribution is -0.146. The highest BCUT2D eigenvalue weighted by Gasteiger charge is 2.39. The molecule has 1 aromatic rings. The Morgan fingerprint density at radius 1 is 1.47 bits per heavy atom. The average Bonchev–Trinajstić information content (AvgIpc) is 2.37. The molecular formula is C14H14ClNO3. The third kappa shape index (κ3) is 2.63. The van der Waals surface area contributed by atoms with E-state index in [0.29, 0.717) is 10.7 Å². The first-order chi connectivity index (χ1) is 9.04. The van der Waals surface area contributed by atoms with Crippen molar-refractivity contribution in [3.63, 3.8) is 0 Å². The molecule has 0 aliphatic carbocycles. The number of nitrogens with one attached hydrogen (secondary N) is 1. The average molecular weight is 280 g/mol. The van der Waals surface area contributed by atoms with Gasteiger partial charge in [-0.25, -0.2) is 0 Å². The highest BCUT2D eigenvalue weighted by Crippen LogP contribution is 2.38. The van der Waals surface area contributed by atoms with E-state index in [1.54, 1.807) is 12.1 Å². The second-order valence-corrected chi connectivity index (χ2v) is 4.81. The fraction of sp³-hybridized carbons (Fsp3) is 0.286. The molecule has 1 fully saturated rings. The van der Waals surface area contributed by atoms with Gasteiger partial charge in [-0.1, -0.05) is 36.4 Å². The molecule has 2 rings (SSSR count). The van der Waals surface area contributed by atoms with Crippen LogP contribution in [0, 0.1) is 5.92 Å². The predicted molar refractivity (Wildman–Crippen MR) is 71.6 cm³/mol. The minimum Gasteiger partial charge on any atom is -0.468 e. The molecular weight excluding hydrogens is 266 g/mol. The van der Waals surface area contributed by atoms with Gasteiger partial charge in [0, 0.05) is 23.1 Å². The van der Waals surface area contributed by atoms with Gasteiger partial charge >= 0.3 is 5.97 Å². The third-order valence-electron chi connectivity index (χ3n) is 3.24. The Hall–Kier alpha value is -1.81. The minimum absolute atomic E-state index is 0.171. The van der Waals surface area contributed by atoms with Crippen molar-refractivity contribution in [1.29, 1.82) is 0 Å². The van der Waals surface area contributed by atoms with Crippen LogP contribution >= 0.6 is 11.6 Å². The Labute approximate surface area is 116 Å². The zero-order valence-corrected chi connectivity index (χ0v) is 11.2. The van der Waals surface area contributed by atoms with Crippen LogP contribution in [0.5, 0.6) is 0 Å². The van der Waals surface area contributed by atoms with Crippen LogP contribution in [0.2, 0.25) is 5.02 Å². The summed E-state index contributed by atoms with van der Waals surface area (Å²) in [5.41, 5.74) is 1.11. The van der Waals surface area contributed by atoms with Crippen molar-refractivity contribution in [2.45, 2.75) is 12.3 Å². The van der Waals surface area contributed by atoms with Crippen LogP contribution in [-0.4, -0.2) is 19.0 Å². The van der Waals surface area contributed by atoms with E-state index in [9.17, 15) is 9.59 Å². The van der Waals surface area contributed by atoms with Crippen molar-refractivity contribution in [3.8, 4) is 0 Å². The van der Waals surface area contributed by atoms with Gasteiger partial charge in [0.25, 0.3) is 0 Å². The maximum Gasteiger partial charge on any atom is 0.315 e. The minimum atomic E-state index is -0.609. The Balaban J connectivity index is 2.44. The molecule has 100 valence electrons. The van der Waals surface area contributed by atoms with Crippen molar-refractivity contribution in [2.24, 2.45) is 5.92 Å². The smallest absolute Gasteiger partial charge is 0.315 e. The molecule has 0 spiro atoms. The molecule has 1 amide bonds. The number of methoxy groups -OCH3 is 1. The molecule has 1 heterocycles. The van der Waals surface area contributed by atoms with E-state index in [1.165, 1.54) is 7.11 Å². The van der Waals surface area contributed by atoms with Gasteiger partial charge < -0.3 is 10.1 Å². The molecule has 5 heteroatoms. The first kappa shape index (κ1) is 13.6. The molecule has 19 heavy (non-hydrogen) atoms. The summed E-state index contributed by atoms with van der Waals surface area (Å²) in [7, 11) is 1.32. The van der Waals surface area contributed by atoms with Gasteiger partial charge in [0.05, 0.1) is 7.11 Å². The van der Waals surface area contributed by atoms with Gasteiger partial charge in [-0.3, -0.25) is 9.59 Å². The molecule has 2 unspecified atom stereocenters. The SMILES string of the molecule is C=C1NC(=O)CC(c2ccccc2Cl)C1C(=O)OC. The van der Waals surface area contributed by atoms with Crippen LogP contribution < -0.4 is 5.32 Å². The summed E-state index contributed by atoms with van der Waals surface area (Å²) in [6.07, 6.45) is 0.183. The molecule has 1 N–H and O–H groups in total. The van der Waals surface area contributed by atoms with Gasteiger partial charge in [-0.2, -0.15) is 0 Å². The van der Waals surface area contributed by atoms with Gasteiger partial charge in [-0.15, -0.1) is 0 Å². The van der Waals surface area contributed by atoms with Crippen LogP contribution in [0.1, 0.15) is 17.9 Å². The van der Waals surface area contributed by atoms with E-state index in [4.69, 9.17) is 16.3 Å². The first-order valence-corrected chi connectivity index (χ1v) is 6.23. The maximum absolute atomic E-state index is 11.9. The fourth-order valence-corrected chi connectivity index (χ4v) is 2.64. The molecule has 0 radical (unpaired) electrons. The van der Waals surface area contributed by atoms with Gasteiger partial charge in [0.2, 0.25) is 5.91 Å². The van der Waals surface area contributed by atoms with Gasteiger partial charge in [0.15, 0.2) is 0 Å². The van der Waals surface area contributed by atoms with Crippen LogP contribution in [-0.2, 0) is 14.3 Å². The highest BCUT2D eigenvalue weighted by atomic mass is 35.5. The number of benzene rings is 1. The second-order valence-electron chi connectivity index (χ2n) is 4.41. The van der Waals surface area contributed by atoms with Crippen molar-refractivity contribution in [3.05, 3.63) is 47.1 Å². The van der Waals surface area contributed by atoms with E-state index < -0.39 is 11.9 Å². The van der Waals surface area contributed by atoms with Crippen molar-refractivity contribution in [1.82, 2.24) is 5.32 Å².